The maximum Gasteiger partial charge on any atom is 0.251 e. The van der Waals surface area contributed by atoms with Crippen LogP contribution in [0.5, 0.6) is 0 Å². The van der Waals surface area contributed by atoms with E-state index in [0.717, 1.165) is 0 Å². The molecule has 1 amide bonds. The van der Waals surface area contributed by atoms with Gasteiger partial charge < -0.3 is 11.1 Å². The predicted octanol–water partition coefficient (Wildman–Crippen LogP) is 1.85. The Morgan fingerprint density at radius 2 is 2.12 bits per heavy atom. The van der Waals surface area contributed by atoms with Gasteiger partial charge in [-0.25, -0.2) is 4.39 Å². The van der Waals surface area contributed by atoms with E-state index in [1.54, 1.807) is 13.0 Å². The van der Waals surface area contributed by atoms with E-state index in [2.05, 4.69) is 5.32 Å². The monoisotopic (exact) mass is 238 g/mol. The molecule has 0 saturated carbocycles. The van der Waals surface area contributed by atoms with Crippen molar-refractivity contribution in [3.63, 3.8) is 0 Å². The van der Waals surface area contributed by atoms with Crippen molar-refractivity contribution in [3.05, 3.63) is 35.1 Å². The van der Waals surface area contributed by atoms with Crippen molar-refractivity contribution in [2.75, 3.05) is 13.1 Å². The number of hydrogen-bond donors (Lipinski definition) is 2. The molecule has 0 unspecified atom stereocenters. The summed E-state index contributed by atoms with van der Waals surface area (Å²) in [5.74, 6) is -0.501. The Labute approximate surface area is 101 Å². The smallest absolute Gasteiger partial charge is 0.251 e. The number of hydrogen-bond acceptors (Lipinski definition) is 2. The Kier molecular flexibility index (Phi) is 4.23. The normalized spacial score (nSPS) is 11.4. The van der Waals surface area contributed by atoms with E-state index >= 15 is 0 Å². The van der Waals surface area contributed by atoms with Crippen molar-refractivity contribution in [1.29, 1.82) is 0 Å². The summed E-state index contributed by atoms with van der Waals surface area (Å²) in [6.45, 7) is 6.58. The van der Waals surface area contributed by atoms with Gasteiger partial charge in [0.05, 0.1) is 0 Å². The number of nitrogens with one attached hydrogen (secondary N) is 1. The molecule has 0 aliphatic rings. The van der Waals surface area contributed by atoms with Crippen LogP contribution < -0.4 is 11.1 Å². The fourth-order valence-corrected chi connectivity index (χ4v) is 1.28. The minimum atomic E-state index is -0.302. The molecule has 0 heterocycles. The molecule has 1 rings (SSSR count). The van der Waals surface area contributed by atoms with Crippen molar-refractivity contribution >= 4 is 5.91 Å². The van der Waals surface area contributed by atoms with Crippen LogP contribution in [-0.2, 0) is 0 Å². The first kappa shape index (κ1) is 13.6. The zero-order valence-corrected chi connectivity index (χ0v) is 10.5. The third-order valence-electron chi connectivity index (χ3n) is 2.70. The van der Waals surface area contributed by atoms with Crippen molar-refractivity contribution < 1.29 is 9.18 Å². The van der Waals surface area contributed by atoms with Gasteiger partial charge in [-0.15, -0.1) is 0 Å². The van der Waals surface area contributed by atoms with Crippen LogP contribution in [0.1, 0.15) is 29.8 Å². The molecule has 0 aliphatic carbocycles. The van der Waals surface area contributed by atoms with Crippen LogP contribution in [0.3, 0.4) is 0 Å². The molecule has 0 saturated heterocycles. The molecular formula is C13H19FN2O. The standard InChI is InChI=1S/C13H19FN2O/c1-9-6-10(4-5-11(9)14)12(17)16-8-13(2,3)7-15/h4-6H,7-8,15H2,1-3H3,(H,16,17). The molecule has 4 heteroatoms. The minimum Gasteiger partial charge on any atom is -0.351 e. The quantitative estimate of drug-likeness (QED) is 0.841. The number of benzene rings is 1. The first-order chi connectivity index (χ1) is 7.85. The molecule has 1 aromatic rings. The lowest BCUT2D eigenvalue weighted by Gasteiger charge is -2.22. The number of amides is 1. The number of carbonyl (C=O) groups excluding carboxylic acids is 1. The van der Waals surface area contributed by atoms with Gasteiger partial charge in [-0.05, 0) is 42.6 Å². The summed E-state index contributed by atoms with van der Waals surface area (Å²) >= 11 is 0. The van der Waals surface area contributed by atoms with Crippen molar-refractivity contribution in [2.45, 2.75) is 20.8 Å². The third-order valence-corrected chi connectivity index (χ3v) is 2.70. The molecule has 94 valence electrons. The van der Waals surface area contributed by atoms with E-state index < -0.39 is 0 Å². The van der Waals surface area contributed by atoms with Gasteiger partial charge in [0.1, 0.15) is 5.82 Å². The van der Waals surface area contributed by atoms with Gasteiger partial charge in [-0.3, -0.25) is 4.79 Å². The Morgan fingerprint density at radius 1 is 1.47 bits per heavy atom. The first-order valence-electron chi connectivity index (χ1n) is 5.60. The second kappa shape index (κ2) is 5.27. The van der Waals surface area contributed by atoms with E-state index in [1.807, 2.05) is 13.8 Å². The molecular weight excluding hydrogens is 219 g/mol. The van der Waals surface area contributed by atoms with Gasteiger partial charge >= 0.3 is 0 Å². The highest BCUT2D eigenvalue weighted by Gasteiger charge is 2.17. The second-order valence-electron chi connectivity index (χ2n) is 5.01. The maximum absolute atomic E-state index is 13.0. The molecule has 17 heavy (non-hydrogen) atoms. The number of aryl methyl sites for hydroxylation is 1. The van der Waals surface area contributed by atoms with Crippen LogP contribution in [0, 0.1) is 18.2 Å². The minimum absolute atomic E-state index is 0.134. The highest BCUT2D eigenvalue weighted by atomic mass is 19.1. The van der Waals surface area contributed by atoms with Gasteiger partial charge in [0, 0.05) is 12.1 Å². The Balaban J connectivity index is 2.68. The summed E-state index contributed by atoms with van der Waals surface area (Å²) in [5.41, 5.74) is 6.38. The summed E-state index contributed by atoms with van der Waals surface area (Å²) in [4.78, 5) is 11.8. The van der Waals surface area contributed by atoms with E-state index in [1.165, 1.54) is 12.1 Å². The topological polar surface area (TPSA) is 55.1 Å². The summed E-state index contributed by atoms with van der Waals surface area (Å²) in [6, 6.07) is 4.32. The average molecular weight is 238 g/mol. The fraction of sp³-hybridized carbons (Fsp3) is 0.462. The number of nitrogens with two attached hydrogens (primary N) is 1. The molecule has 0 atom stereocenters. The predicted molar refractivity (Wildman–Crippen MR) is 66.3 cm³/mol. The summed E-state index contributed by atoms with van der Waals surface area (Å²) in [6.07, 6.45) is 0. The Hall–Kier alpha value is -1.42. The summed E-state index contributed by atoms with van der Waals surface area (Å²) < 4.78 is 13.0. The Bertz CT molecular complexity index is 416. The molecule has 0 aromatic heterocycles. The molecule has 0 fully saturated rings. The van der Waals surface area contributed by atoms with Crippen molar-refractivity contribution in [3.8, 4) is 0 Å². The first-order valence-corrected chi connectivity index (χ1v) is 5.60. The maximum atomic E-state index is 13.0. The van der Waals surface area contributed by atoms with Crippen molar-refractivity contribution in [1.82, 2.24) is 5.32 Å². The van der Waals surface area contributed by atoms with Gasteiger partial charge in [0.15, 0.2) is 0 Å². The van der Waals surface area contributed by atoms with Gasteiger partial charge in [-0.1, -0.05) is 13.8 Å². The number of halogens is 1. The highest BCUT2D eigenvalue weighted by Crippen LogP contribution is 2.12. The molecule has 0 bridgehead atoms. The molecule has 3 nitrogen and oxygen atoms in total. The molecule has 0 radical (unpaired) electrons. The SMILES string of the molecule is Cc1cc(C(=O)NCC(C)(C)CN)ccc1F. The summed E-state index contributed by atoms with van der Waals surface area (Å²) in [7, 11) is 0. The van der Waals surface area contributed by atoms with Crippen LogP contribution in [0.25, 0.3) is 0 Å². The zero-order chi connectivity index (χ0) is 13.1. The largest absolute Gasteiger partial charge is 0.351 e. The van der Waals surface area contributed by atoms with E-state index in [0.29, 0.717) is 24.2 Å². The van der Waals surface area contributed by atoms with E-state index in [-0.39, 0.29) is 17.1 Å². The Morgan fingerprint density at radius 3 is 2.65 bits per heavy atom. The van der Waals surface area contributed by atoms with Crippen LogP contribution in [0.15, 0.2) is 18.2 Å². The lowest BCUT2D eigenvalue weighted by atomic mass is 9.94. The molecule has 3 N–H and O–H groups in total. The zero-order valence-electron chi connectivity index (χ0n) is 10.5. The molecule has 0 aliphatic heterocycles. The van der Waals surface area contributed by atoms with Crippen LogP contribution >= 0.6 is 0 Å². The molecule has 1 aromatic carbocycles. The van der Waals surface area contributed by atoms with Gasteiger partial charge in [0.25, 0.3) is 5.91 Å². The van der Waals surface area contributed by atoms with E-state index in [4.69, 9.17) is 5.73 Å². The van der Waals surface area contributed by atoms with Crippen molar-refractivity contribution in [2.24, 2.45) is 11.1 Å². The number of carbonyl (C=O) groups is 1. The van der Waals surface area contributed by atoms with Crippen LogP contribution in [-0.4, -0.2) is 19.0 Å². The molecule has 0 spiro atoms. The third kappa shape index (κ3) is 3.82. The second-order valence-corrected chi connectivity index (χ2v) is 5.01. The lowest BCUT2D eigenvalue weighted by Crippen LogP contribution is -2.38. The van der Waals surface area contributed by atoms with Crippen LogP contribution in [0.4, 0.5) is 4.39 Å². The summed E-state index contributed by atoms with van der Waals surface area (Å²) in [5, 5.41) is 2.80. The van der Waals surface area contributed by atoms with Gasteiger partial charge in [0.2, 0.25) is 0 Å². The highest BCUT2D eigenvalue weighted by molar-refractivity contribution is 5.94. The van der Waals surface area contributed by atoms with E-state index in [9.17, 15) is 9.18 Å². The lowest BCUT2D eigenvalue weighted by molar-refractivity contribution is 0.0938. The average Bonchev–Trinajstić information content (AvgIpc) is 2.30. The van der Waals surface area contributed by atoms with Crippen LogP contribution in [0.2, 0.25) is 0 Å². The van der Waals surface area contributed by atoms with Gasteiger partial charge in [-0.2, -0.15) is 0 Å². The fourth-order valence-electron chi connectivity index (χ4n) is 1.28. The number of rotatable bonds is 4.